The Morgan fingerprint density at radius 2 is 1.83 bits per heavy atom. The fraction of sp³-hybridized carbons (Fsp3) is 0.611. The van der Waals surface area contributed by atoms with E-state index in [1.54, 1.807) is 0 Å². The van der Waals surface area contributed by atoms with Gasteiger partial charge >= 0.3 is 0 Å². The highest BCUT2D eigenvalue weighted by atomic mass is 32.1. The smallest absolute Gasteiger partial charge is 0.171 e. The molecule has 2 atom stereocenters. The van der Waals surface area contributed by atoms with Crippen molar-refractivity contribution in [2.24, 2.45) is 5.92 Å². The van der Waals surface area contributed by atoms with E-state index in [9.17, 15) is 0 Å². The number of nitrogens with one attached hydrogen (secondary N) is 2. The van der Waals surface area contributed by atoms with Gasteiger partial charge < -0.3 is 20.1 Å². The van der Waals surface area contributed by atoms with E-state index in [2.05, 4.69) is 17.6 Å². The molecule has 2 rings (SSSR count). The number of thiocarbonyl (C=S) groups is 1. The van der Waals surface area contributed by atoms with Crippen LogP contribution in [0.3, 0.4) is 0 Å². The molecular formula is C18H28N2O2S. The summed E-state index contributed by atoms with van der Waals surface area (Å²) in [4.78, 5) is 0. The van der Waals surface area contributed by atoms with Gasteiger partial charge in [0, 0.05) is 17.8 Å². The monoisotopic (exact) mass is 336 g/mol. The molecule has 0 radical (unpaired) electrons. The summed E-state index contributed by atoms with van der Waals surface area (Å²) in [5.41, 5.74) is 0.915. The van der Waals surface area contributed by atoms with E-state index in [-0.39, 0.29) is 0 Å². The summed E-state index contributed by atoms with van der Waals surface area (Å²) in [6.07, 6.45) is 5.08. The number of anilines is 1. The van der Waals surface area contributed by atoms with Gasteiger partial charge in [0.1, 0.15) is 0 Å². The zero-order chi connectivity index (χ0) is 16.7. The molecule has 0 aliphatic heterocycles. The molecular weight excluding hydrogens is 308 g/mol. The first-order valence-electron chi connectivity index (χ1n) is 8.61. The minimum Gasteiger partial charge on any atom is -0.490 e. The molecule has 0 unspecified atom stereocenters. The molecule has 1 aliphatic carbocycles. The van der Waals surface area contributed by atoms with Gasteiger partial charge in [0.15, 0.2) is 16.6 Å². The summed E-state index contributed by atoms with van der Waals surface area (Å²) in [6, 6.07) is 6.29. The van der Waals surface area contributed by atoms with Gasteiger partial charge in [-0.2, -0.15) is 0 Å². The minimum absolute atomic E-state index is 0.470. The van der Waals surface area contributed by atoms with Gasteiger partial charge in [0.25, 0.3) is 0 Å². The van der Waals surface area contributed by atoms with Crippen molar-refractivity contribution in [3.8, 4) is 11.5 Å². The van der Waals surface area contributed by atoms with Gasteiger partial charge in [0.05, 0.1) is 13.2 Å². The normalized spacial score (nSPS) is 20.7. The van der Waals surface area contributed by atoms with Crippen LogP contribution in [0.4, 0.5) is 5.69 Å². The van der Waals surface area contributed by atoms with E-state index in [1.165, 1.54) is 25.7 Å². The van der Waals surface area contributed by atoms with Crippen LogP contribution in [0.25, 0.3) is 0 Å². The molecule has 5 heteroatoms. The predicted molar refractivity (Wildman–Crippen MR) is 99.6 cm³/mol. The summed E-state index contributed by atoms with van der Waals surface area (Å²) in [6.45, 7) is 7.44. The number of benzene rings is 1. The van der Waals surface area contributed by atoms with Gasteiger partial charge in [-0.15, -0.1) is 0 Å². The first-order valence-corrected chi connectivity index (χ1v) is 9.02. The Kier molecular flexibility index (Phi) is 6.96. The maximum atomic E-state index is 5.65. The third kappa shape index (κ3) is 5.27. The Bertz CT molecular complexity index is 522. The Labute approximate surface area is 144 Å². The first-order chi connectivity index (χ1) is 11.1. The van der Waals surface area contributed by atoms with Crippen molar-refractivity contribution in [1.82, 2.24) is 5.32 Å². The fourth-order valence-electron chi connectivity index (χ4n) is 3.00. The van der Waals surface area contributed by atoms with Crippen molar-refractivity contribution in [1.29, 1.82) is 0 Å². The second-order valence-electron chi connectivity index (χ2n) is 5.99. The molecule has 0 amide bonds. The lowest BCUT2D eigenvalue weighted by Crippen LogP contribution is -2.43. The molecule has 0 bridgehead atoms. The van der Waals surface area contributed by atoms with Crippen LogP contribution in [0.5, 0.6) is 11.5 Å². The molecule has 0 heterocycles. The van der Waals surface area contributed by atoms with Crippen molar-refractivity contribution in [3.63, 3.8) is 0 Å². The second kappa shape index (κ2) is 8.96. The number of hydrogen-bond acceptors (Lipinski definition) is 3. The van der Waals surface area contributed by atoms with Crippen LogP contribution in [0.2, 0.25) is 0 Å². The van der Waals surface area contributed by atoms with Crippen LogP contribution in [-0.4, -0.2) is 24.4 Å². The lowest BCUT2D eigenvalue weighted by molar-refractivity contribution is 0.288. The minimum atomic E-state index is 0.470. The Morgan fingerprint density at radius 3 is 2.52 bits per heavy atom. The van der Waals surface area contributed by atoms with Crippen LogP contribution in [-0.2, 0) is 0 Å². The third-order valence-corrected chi connectivity index (χ3v) is 4.45. The number of rotatable bonds is 6. The van der Waals surface area contributed by atoms with Gasteiger partial charge in [-0.3, -0.25) is 0 Å². The highest BCUT2D eigenvalue weighted by Crippen LogP contribution is 2.30. The number of hydrogen-bond donors (Lipinski definition) is 2. The van der Waals surface area contributed by atoms with Gasteiger partial charge in [0.2, 0.25) is 0 Å². The largest absolute Gasteiger partial charge is 0.490 e. The zero-order valence-electron chi connectivity index (χ0n) is 14.4. The summed E-state index contributed by atoms with van der Waals surface area (Å²) >= 11 is 5.47. The molecule has 1 aromatic carbocycles. The molecule has 1 fully saturated rings. The van der Waals surface area contributed by atoms with Crippen molar-refractivity contribution >= 4 is 23.0 Å². The second-order valence-corrected chi connectivity index (χ2v) is 6.40. The SMILES string of the molecule is CCOc1ccc(NC(=S)N[C@H]2CCCC[C@H]2C)cc1OCC. The van der Waals surface area contributed by atoms with E-state index in [0.29, 0.717) is 30.3 Å². The van der Waals surface area contributed by atoms with Gasteiger partial charge in [-0.05, 0) is 57.0 Å². The molecule has 4 nitrogen and oxygen atoms in total. The average molecular weight is 337 g/mol. The third-order valence-electron chi connectivity index (χ3n) is 4.23. The molecule has 0 aromatic heterocycles. The molecule has 0 spiro atoms. The maximum Gasteiger partial charge on any atom is 0.171 e. The predicted octanol–water partition coefficient (Wildman–Crippen LogP) is 4.35. The topological polar surface area (TPSA) is 42.5 Å². The molecule has 128 valence electrons. The Hall–Kier alpha value is -1.49. The average Bonchev–Trinajstić information content (AvgIpc) is 2.52. The van der Waals surface area contributed by atoms with Crippen LogP contribution in [0.1, 0.15) is 46.5 Å². The van der Waals surface area contributed by atoms with Crippen molar-refractivity contribution in [2.75, 3.05) is 18.5 Å². The van der Waals surface area contributed by atoms with Crippen LogP contribution >= 0.6 is 12.2 Å². The van der Waals surface area contributed by atoms with Crippen LogP contribution in [0.15, 0.2) is 18.2 Å². The molecule has 0 saturated heterocycles. The Balaban J connectivity index is 1.98. The van der Waals surface area contributed by atoms with E-state index >= 15 is 0 Å². The first kappa shape index (κ1) is 17.9. The molecule has 1 aliphatic rings. The summed E-state index contributed by atoms with van der Waals surface area (Å²) < 4.78 is 11.2. The molecule has 2 N–H and O–H groups in total. The lowest BCUT2D eigenvalue weighted by Gasteiger charge is -2.30. The van der Waals surface area contributed by atoms with E-state index in [0.717, 1.165) is 17.2 Å². The highest BCUT2D eigenvalue weighted by molar-refractivity contribution is 7.80. The summed E-state index contributed by atoms with van der Waals surface area (Å²) in [5, 5.41) is 7.40. The summed E-state index contributed by atoms with van der Waals surface area (Å²) in [5.74, 6) is 2.18. The molecule has 1 saturated carbocycles. The van der Waals surface area contributed by atoms with Gasteiger partial charge in [-0.25, -0.2) is 0 Å². The van der Waals surface area contributed by atoms with Crippen molar-refractivity contribution < 1.29 is 9.47 Å². The summed E-state index contributed by atoms with van der Waals surface area (Å²) in [7, 11) is 0. The standard InChI is InChI=1S/C18H28N2O2S/c1-4-21-16-11-10-14(12-17(16)22-5-2)19-18(23)20-15-9-7-6-8-13(15)3/h10-13,15H,4-9H2,1-3H3,(H2,19,20,23)/t13-,15+/m1/s1. The van der Waals surface area contributed by atoms with Crippen LogP contribution < -0.4 is 20.1 Å². The quantitative estimate of drug-likeness (QED) is 0.756. The van der Waals surface area contributed by atoms with Crippen LogP contribution in [0, 0.1) is 5.92 Å². The highest BCUT2D eigenvalue weighted by Gasteiger charge is 2.21. The van der Waals surface area contributed by atoms with E-state index in [4.69, 9.17) is 21.7 Å². The fourth-order valence-corrected chi connectivity index (χ4v) is 3.26. The number of ether oxygens (including phenoxy) is 2. The van der Waals surface area contributed by atoms with Crippen molar-refractivity contribution in [3.05, 3.63) is 18.2 Å². The maximum absolute atomic E-state index is 5.65. The Morgan fingerprint density at radius 1 is 1.13 bits per heavy atom. The molecule has 23 heavy (non-hydrogen) atoms. The van der Waals surface area contributed by atoms with Crippen molar-refractivity contribution in [2.45, 2.75) is 52.5 Å². The van der Waals surface area contributed by atoms with E-state index in [1.807, 2.05) is 32.0 Å². The van der Waals surface area contributed by atoms with E-state index < -0.39 is 0 Å². The lowest BCUT2D eigenvalue weighted by atomic mass is 9.86. The molecule has 1 aromatic rings. The van der Waals surface area contributed by atoms with Gasteiger partial charge in [-0.1, -0.05) is 19.8 Å². The zero-order valence-corrected chi connectivity index (χ0v) is 15.2.